The van der Waals surface area contributed by atoms with Gasteiger partial charge in [0.25, 0.3) is 5.56 Å². The molecule has 0 bridgehead atoms. The SMILES string of the molecule is Cc1cc2c(N3CCCc4nc(-c5ccc(C(=O)O)nc5)ncc43)nc(N3CCOCC3)nc2n(C)c1=O. The number of aryl methyl sites for hydroxylation is 3. The van der Waals surface area contributed by atoms with Crippen LogP contribution in [0.2, 0.25) is 0 Å². The lowest BCUT2D eigenvalue weighted by atomic mass is 10.1. The van der Waals surface area contributed by atoms with Crippen LogP contribution in [-0.2, 0) is 18.2 Å². The Balaban J connectivity index is 1.47. The zero-order chi connectivity index (χ0) is 26.4. The van der Waals surface area contributed by atoms with Crippen molar-refractivity contribution in [3.63, 3.8) is 0 Å². The Kier molecular flexibility index (Phi) is 5.95. The number of hydrogen-bond acceptors (Lipinski definition) is 10. The largest absolute Gasteiger partial charge is 0.477 e. The first-order valence-corrected chi connectivity index (χ1v) is 12.4. The summed E-state index contributed by atoms with van der Waals surface area (Å²) in [6, 6.07) is 4.96. The van der Waals surface area contributed by atoms with Crippen molar-refractivity contribution in [3.05, 3.63) is 57.9 Å². The summed E-state index contributed by atoms with van der Waals surface area (Å²) < 4.78 is 7.09. The fourth-order valence-electron chi connectivity index (χ4n) is 4.93. The average molecular weight is 515 g/mol. The van der Waals surface area contributed by atoms with E-state index in [2.05, 4.69) is 19.8 Å². The number of carboxylic acid groups (broad SMARTS) is 1. The van der Waals surface area contributed by atoms with Gasteiger partial charge < -0.3 is 19.6 Å². The van der Waals surface area contributed by atoms with Gasteiger partial charge in [0.05, 0.1) is 36.2 Å². The molecule has 12 nitrogen and oxygen atoms in total. The number of aromatic carboxylic acids is 1. The lowest BCUT2D eigenvalue weighted by molar-refractivity contribution is 0.0690. The molecule has 0 amide bonds. The highest BCUT2D eigenvalue weighted by molar-refractivity contribution is 5.91. The van der Waals surface area contributed by atoms with Gasteiger partial charge >= 0.3 is 5.97 Å². The fraction of sp³-hybridized carbons (Fsp3) is 0.346. The number of fused-ring (bicyclic) bond motifs is 2. The molecule has 0 spiro atoms. The molecular formula is C26H26N8O4. The van der Waals surface area contributed by atoms with Crippen LogP contribution in [0.25, 0.3) is 22.4 Å². The van der Waals surface area contributed by atoms with E-state index in [9.17, 15) is 9.59 Å². The summed E-state index contributed by atoms with van der Waals surface area (Å²) in [5.74, 6) is 0.665. The fourth-order valence-corrected chi connectivity index (χ4v) is 4.93. The summed E-state index contributed by atoms with van der Waals surface area (Å²) >= 11 is 0. The normalized spacial score (nSPS) is 15.5. The van der Waals surface area contributed by atoms with Crippen molar-refractivity contribution in [2.45, 2.75) is 19.8 Å². The van der Waals surface area contributed by atoms with Gasteiger partial charge in [0.2, 0.25) is 5.95 Å². The molecule has 1 fully saturated rings. The first-order valence-electron chi connectivity index (χ1n) is 12.4. The van der Waals surface area contributed by atoms with Crippen LogP contribution < -0.4 is 15.4 Å². The van der Waals surface area contributed by atoms with Gasteiger partial charge in [0.15, 0.2) is 5.82 Å². The van der Waals surface area contributed by atoms with Crippen LogP contribution in [-0.4, -0.2) is 73.4 Å². The van der Waals surface area contributed by atoms with Crippen LogP contribution in [0.4, 0.5) is 17.5 Å². The van der Waals surface area contributed by atoms with E-state index in [0.717, 1.165) is 29.6 Å². The minimum Gasteiger partial charge on any atom is -0.477 e. The number of morpholine rings is 1. The van der Waals surface area contributed by atoms with Crippen LogP contribution in [0.5, 0.6) is 0 Å². The van der Waals surface area contributed by atoms with Crippen molar-refractivity contribution in [1.82, 2.24) is 29.5 Å². The molecule has 6 rings (SSSR count). The maximum atomic E-state index is 12.8. The number of anilines is 3. The highest BCUT2D eigenvalue weighted by atomic mass is 16.5. The molecule has 1 saturated heterocycles. The number of carboxylic acids is 1. The molecule has 4 aromatic heterocycles. The van der Waals surface area contributed by atoms with Gasteiger partial charge in [-0.2, -0.15) is 9.97 Å². The van der Waals surface area contributed by atoms with Crippen LogP contribution in [0.15, 0.2) is 35.4 Å². The second kappa shape index (κ2) is 9.45. The molecule has 4 aromatic rings. The summed E-state index contributed by atoms with van der Waals surface area (Å²) in [6.45, 7) is 5.03. The lowest BCUT2D eigenvalue weighted by Gasteiger charge is -2.32. The van der Waals surface area contributed by atoms with E-state index in [1.165, 1.54) is 12.3 Å². The minimum atomic E-state index is -1.08. The molecule has 38 heavy (non-hydrogen) atoms. The number of carbonyl (C=O) groups is 1. The molecule has 0 aliphatic carbocycles. The third kappa shape index (κ3) is 4.12. The van der Waals surface area contributed by atoms with Crippen LogP contribution >= 0.6 is 0 Å². The highest BCUT2D eigenvalue weighted by Crippen LogP contribution is 2.36. The van der Waals surface area contributed by atoms with Gasteiger partial charge in [-0.3, -0.25) is 9.36 Å². The molecule has 0 atom stereocenters. The van der Waals surface area contributed by atoms with Crippen LogP contribution in [0.3, 0.4) is 0 Å². The van der Waals surface area contributed by atoms with Gasteiger partial charge in [-0.05, 0) is 38.0 Å². The lowest BCUT2D eigenvalue weighted by Crippen LogP contribution is -2.38. The third-order valence-electron chi connectivity index (χ3n) is 6.94. The van der Waals surface area contributed by atoms with Crippen molar-refractivity contribution < 1.29 is 14.6 Å². The van der Waals surface area contributed by atoms with Gasteiger partial charge in [0.1, 0.15) is 17.2 Å². The van der Waals surface area contributed by atoms with E-state index in [0.29, 0.717) is 67.2 Å². The topological polar surface area (TPSA) is 139 Å². The van der Waals surface area contributed by atoms with E-state index in [4.69, 9.17) is 24.8 Å². The Hall–Kier alpha value is -4.45. The molecule has 0 unspecified atom stereocenters. The van der Waals surface area contributed by atoms with E-state index >= 15 is 0 Å². The Bertz CT molecular complexity index is 1610. The predicted molar refractivity (Wildman–Crippen MR) is 140 cm³/mol. The second-order valence-electron chi connectivity index (χ2n) is 9.39. The molecular weight excluding hydrogens is 488 g/mol. The van der Waals surface area contributed by atoms with Gasteiger partial charge in [-0.1, -0.05) is 0 Å². The maximum absolute atomic E-state index is 12.8. The predicted octanol–water partition coefficient (Wildman–Crippen LogP) is 2.11. The third-order valence-corrected chi connectivity index (χ3v) is 6.94. The van der Waals surface area contributed by atoms with E-state index < -0.39 is 5.97 Å². The summed E-state index contributed by atoms with van der Waals surface area (Å²) in [4.78, 5) is 51.3. The van der Waals surface area contributed by atoms with E-state index in [-0.39, 0.29) is 11.3 Å². The molecule has 0 radical (unpaired) electrons. The number of pyridine rings is 2. The highest BCUT2D eigenvalue weighted by Gasteiger charge is 2.27. The Labute approximate surface area is 217 Å². The molecule has 2 aliphatic heterocycles. The zero-order valence-corrected chi connectivity index (χ0v) is 21.1. The Morgan fingerprint density at radius 3 is 2.61 bits per heavy atom. The van der Waals surface area contributed by atoms with E-state index in [1.54, 1.807) is 30.8 Å². The van der Waals surface area contributed by atoms with E-state index in [1.807, 2.05) is 6.07 Å². The molecule has 194 valence electrons. The van der Waals surface area contributed by atoms with Gasteiger partial charge in [-0.15, -0.1) is 0 Å². The first kappa shape index (κ1) is 23.9. The summed E-state index contributed by atoms with van der Waals surface area (Å²) in [6.07, 6.45) is 4.86. The minimum absolute atomic E-state index is 0.0331. The van der Waals surface area contributed by atoms with Crippen molar-refractivity contribution in [3.8, 4) is 11.4 Å². The van der Waals surface area contributed by atoms with Crippen LogP contribution in [0.1, 0.15) is 28.2 Å². The maximum Gasteiger partial charge on any atom is 0.354 e. The van der Waals surface area contributed by atoms with Crippen LogP contribution in [0, 0.1) is 6.92 Å². The number of hydrogen-bond donors (Lipinski definition) is 1. The second-order valence-corrected chi connectivity index (χ2v) is 9.39. The Morgan fingerprint density at radius 2 is 1.87 bits per heavy atom. The Morgan fingerprint density at radius 1 is 1.05 bits per heavy atom. The van der Waals surface area contributed by atoms with Crippen molar-refractivity contribution in [2.75, 3.05) is 42.6 Å². The molecule has 1 N–H and O–H groups in total. The summed E-state index contributed by atoms with van der Waals surface area (Å²) in [7, 11) is 1.74. The first-order chi connectivity index (χ1) is 18.4. The number of nitrogens with zero attached hydrogens (tertiary/aromatic N) is 8. The summed E-state index contributed by atoms with van der Waals surface area (Å²) in [5, 5.41) is 9.92. The molecule has 12 heteroatoms. The van der Waals surface area contributed by atoms with Crippen molar-refractivity contribution in [1.29, 1.82) is 0 Å². The van der Waals surface area contributed by atoms with Gasteiger partial charge in [-0.25, -0.2) is 19.7 Å². The number of aromatic nitrogens is 6. The molecule has 0 saturated carbocycles. The quantitative estimate of drug-likeness (QED) is 0.428. The monoisotopic (exact) mass is 514 g/mol. The zero-order valence-electron chi connectivity index (χ0n) is 21.1. The summed E-state index contributed by atoms with van der Waals surface area (Å²) in [5.41, 5.74) is 3.41. The number of rotatable bonds is 4. The smallest absolute Gasteiger partial charge is 0.354 e. The number of ether oxygens (including phenoxy) is 1. The molecule has 0 aromatic carbocycles. The standard InChI is InChI=1S/C26H26N8O4/c1-15-12-17-22(32(2)24(15)35)30-26(33-8-10-38-11-9-33)31-23(17)34-7-3-4-18-20(34)14-28-21(29-18)16-5-6-19(25(36)37)27-13-16/h5-6,12-14H,3-4,7-11H2,1-2H3,(H,36,37). The van der Waals surface area contributed by atoms with Gasteiger partial charge in [0, 0.05) is 44.0 Å². The molecule has 2 aliphatic rings. The van der Waals surface area contributed by atoms with Crippen molar-refractivity contribution in [2.24, 2.45) is 7.05 Å². The van der Waals surface area contributed by atoms with Crippen molar-refractivity contribution >= 4 is 34.5 Å². The average Bonchev–Trinajstić information content (AvgIpc) is 2.95. The molecule has 6 heterocycles.